The van der Waals surface area contributed by atoms with Crippen molar-refractivity contribution in [3.63, 3.8) is 0 Å². The van der Waals surface area contributed by atoms with Gasteiger partial charge in [-0.1, -0.05) is 70.5 Å². The van der Waals surface area contributed by atoms with Gasteiger partial charge in [0.2, 0.25) is 0 Å². The fourth-order valence-corrected chi connectivity index (χ4v) is 4.10. The fraction of sp³-hybridized carbons (Fsp3) is 0.160. The Morgan fingerprint density at radius 1 is 0.966 bits per heavy atom. The third kappa shape index (κ3) is 4.36. The Morgan fingerprint density at radius 2 is 1.79 bits per heavy atom. The van der Waals surface area contributed by atoms with Crippen molar-refractivity contribution in [3.8, 4) is 11.8 Å². The minimum atomic E-state index is 0.0612. The third-order valence-corrected chi connectivity index (χ3v) is 5.53. The molecule has 0 N–H and O–H groups in total. The number of rotatable bonds is 7. The summed E-state index contributed by atoms with van der Waals surface area (Å²) in [6.07, 6.45) is 3.33. The molecule has 0 saturated carbocycles. The van der Waals surface area contributed by atoms with Crippen molar-refractivity contribution in [1.82, 2.24) is 4.57 Å². The van der Waals surface area contributed by atoms with E-state index in [0.29, 0.717) is 13.0 Å². The van der Waals surface area contributed by atoms with E-state index in [1.54, 1.807) is 0 Å². The van der Waals surface area contributed by atoms with Crippen LogP contribution >= 0.6 is 15.9 Å². The lowest BCUT2D eigenvalue weighted by Crippen LogP contribution is -2.10. The van der Waals surface area contributed by atoms with Crippen molar-refractivity contribution in [3.05, 3.63) is 101 Å². The summed E-state index contributed by atoms with van der Waals surface area (Å²) < 4.78 is 9.50. The van der Waals surface area contributed by atoms with Crippen LogP contribution in [0.3, 0.4) is 0 Å². The first-order valence-electron chi connectivity index (χ1n) is 9.65. The molecule has 0 spiro atoms. The molecule has 0 saturated heterocycles. The molecule has 1 atom stereocenters. The Labute approximate surface area is 179 Å². The Balaban J connectivity index is 1.74. The predicted octanol–water partition coefficient (Wildman–Crippen LogP) is 6.88. The molecule has 0 unspecified atom stereocenters. The van der Waals surface area contributed by atoms with E-state index in [2.05, 4.69) is 69.2 Å². The van der Waals surface area contributed by atoms with E-state index in [1.165, 1.54) is 5.56 Å². The minimum absolute atomic E-state index is 0.0612. The van der Waals surface area contributed by atoms with E-state index in [4.69, 9.17) is 4.74 Å². The molecule has 144 valence electrons. The van der Waals surface area contributed by atoms with Gasteiger partial charge < -0.3 is 9.30 Å². The van der Waals surface area contributed by atoms with Gasteiger partial charge in [-0.05, 0) is 41.8 Å². The van der Waals surface area contributed by atoms with Gasteiger partial charge in [-0.3, -0.25) is 0 Å². The average Bonchev–Trinajstić information content (AvgIpc) is 3.18. The minimum Gasteiger partial charge on any atom is -0.487 e. The standard InChI is InChI=1S/C25H21BrN2O/c26-22-11-4-10-21(17-22)23(12-6-15-27)28-16-14-20-9-5-13-24(25(20)28)29-18-19-7-2-1-3-8-19/h1-5,7-11,13-14,16-17,23H,6,12,18H2/t23-/m1/s1. The molecular formula is C25H21BrN2O. The lowest BCUT2D eigenvalue weighted by atomic mass is 10.0. The van der Waals surface area contributed by atoms with Gasteiger partial charge in [0.15, 0.2) is 0 Å². The SMILES string of the molecule is N#CCC[C@H](c1cccc(Br)c1)n1ccc2cccc(OCc3ccccc3)c21. The Bertz CT molecular complexity index is 1140. The fourth-order valence-electron chi connectivity index (χ4n) is 3.68. The van der Waals surface area contributed by atoms with Crippen molar-refractivity contribution in [2.75, 3.05) is 0 Å². The zero-order valence-electron chi connectivity index (χ0n) is 16.0. The summed E-state index contributed by atoms with van der Waals surface area (Å²) in [5.74, 6) is 0.855. The topological polar surface area (TPSA) is 38.0 Å². The van der Waals surface area contributed by atoms with E-state index in [1.807, 2.05) is 42.5 Å². The van der Waals surface area contributed by atoms with Gasteiger partial charge in [0.25, 0.3) is 0 Å². The smallest absolute Gasteiger partial charge is 0.144 e. The largest absolute Gasteiger partial charge is 0.487 e. The van der Waals surface area contributed by atoms with Crippen LogP contribution in [0.15, 0.2) is 89.5 Å². The molecule has 0 aliphatic heterocycles. The summed E-state index contributed by atoms with van der Waals surface area (Å²) in [7, 11) is 0. The monoisotopic (exact) mass is 444 g/mol. The molecule has 0 fully saturated rings. The van der Waals surface area contributed by atoms with Crippen molar-refractivity contribution < 1.29 is 4.74 Å². The highest BCUT2D eigenvalue weighted by Crippen LogP contribution is 2.34. The van der Waals surface area contributed by atoms with E-state index in [9.17, 15) is 5.26 Å². The summed E-state index contributed by atoms with van der Waals surface area (Å²) in [5.41, 5.74) is 3.37. The van der Waals surface area contributed by atoms with Gasteiger partial charge in [-0.15, -0.1) is 0 Å². The maximum atomic E-state index is 9.20. The van der Waals surface area contributed by atoms with Crippen LogP contribution in [0.2, 0.25) is 0 Å². The first kappa shape index (κ1) is 19.3. The Kier molecular flexibility index (Phi) is 5.97. The highest BCUT2D eigenvalue weighted by atomic mass is 79.9. The first-order chi connectivity index (χ1) is 14.3. The number of para-hydroxylation sites is 1. The molecule has 0 radical (unpaired) electrons. The third-order valence-electron chi connectivity index (χ3n) is 5.04. The number of benzene rings is 3. The number of fused-ring (bicyclic) bond motifs is 1. The van der Waals surface area contributed by atoms with Gasteiger partial charge in [-0.25, -0.2) is 0 Å². The molecule has 29 heavy (non-hydrogen) atoms. The number of hydrogen-bond donors (Lipinski definition) is 0. The Morgan fingerprint density at radius 3 is 2.59 bits per heavy atom. The van der Waals surface area contributed by atoms with Gasteiger partial charge in [0.05, 0.1) is 17.6 Å². The van der Waals surface area contributed by atoms with Crippen molar-refractivity contribution in [1.29, 1.82) is 5.26 Å². The van der Waals surface area contributed by atoms with Gasteiger partial charge in [-0.2, -0.15) is 5.26 Å². The van der Waals surface area contributed by atoms with E-state index < -0.39 is 0 Å². The average molecular weight is 445 g/mol. The van der Waals surface area contributed by atoms with Crippen LogP contribution in [-0.2, 0) is 6.61 Å². The first-order valence-corrected chi connectivity index (χ1v) is 10.4. The summed E-state index contributed by atoms with van der Waals surface area (Å²) in [6, 6.07) is 29.1. The molecule has 0 bridgehead atoms. The second kappa shape index (κ2) is 8.98. The highest BCUT2D eigenvalue weighted by molar-refractivity contribution is 9.10. The summed E-state index contributed by atoms with van der Waals surface area (Å²) in [5, 5.41) is 10.3. The quantitative estimate of drug-likeness (QED) is 0.311. The molecule has 1 heterocycles. The highest BCUT2D eigenvalue weighted by Gasteiger charge is 2.18. The zero-order chi connectivity index (χ0) is 20.1. The molecule has 0 aliphatic rings. The number of halogens is 1. The number of nitriles is 1. The van der Waals surface area contributed by atoms with Crippen LogP contribution in [0.1, 0.15) is 30.0 Å². The van der Waals surface area contributed by atoms with Crippen molar-refractivity contribution in [2.24, 2.45) is 0 Å². The summed E-state index contributed by atoms with van der Waals surface area (Å²) >= 11 is 3.58. The van der Waals surface area contributed by atoms with Crippen LogP contribution < -0.4 is 4.74 Å². The van der Waals surface area contributed by atoms with Gasteiger partial charge in [0, 0.05) is 22.5 Å². The molecule has 4 rings (SSSR count). The molecule has 1 aromatic heterocycles. The lowest BCUT2D eigenvalue weighted by Gasteiger charge is -2.21. The van der Waals surface area contributed by atoms with Crippen LogP contribution in [-0.4, -0.2) is 4.57 Å². The number of aromatic nitrogens is 1. The van der Waals surface area contributed by atoms with E-state index in [0.717, 1.165) is 33.1 Å². The van der Waals surface area contributed by atoms with Gasteiger partial charge in [0.1, 0.15) is 12.4 Å². The molecule has 3 nitrogen and oxygen atoms in total. The van der Waals surface area contributed by atoms with Crippen LogP contribution in [0.4, 0.5) is 0 Å². The number of nitrogens with zero attached hydrogens (tertiary/aromatic N) is 2. The van der Waals surface area contributed by atoms with Crippen LogP contribution in [0.5, 0.6) is 5.75 Å². The zero-order valence-corrected chi connectivity index (χ0v) is 17.5. The van der Waals surface area contributed by atoms with E-state index in [-0.39, 0.29) is 6.04 Å². The maximum absolute atomic E-state index is 9.20. The Hall–Kier alpha value is -3.03. The summed E-state index contributed by atoms with van der Waals surface area (Å²) in [6.45, 7) is 0.519. The molecule has 3 aromatic carbocycles. The second-order valence-corrected chi connectivity index (χ2v) is 7.87. The van der Waals surface area contributed by atoms with Crippen molar-refractivity contribution in [2.45, 2.75) is 25.5 Å². The molecule has 0 aliphatic carbocycles. The number of hydrogen-bond acceptors (Lipinski definition) is 2. The van der Waals surface area contributed by atoms with Crippen LogP contribution in [0, 0.1) is 11.3 Å². The summed E-state index contributed by atoms with van der Waals surface area (Å²) in [4.78, 5) is 0. The molecule has 4 heteroatoms. The maximum Gasteiger partial charge on any atom is 0.144 e. The number of ether oxygens (including phenoxy) is 1. The second-order valence-electron chi connectivity index (χ2n) is 6.96. The van der Waals surface area contributed by atoms with Crippen molar-refractivity contribution >= 4 is 26.8 Å². The van der Waals surface area contributed by atoms with E-state index >= 15 is 0 Å². The van der Waals surface area contributed by atoms with Gasteiger partial charge >= 0.3 is 0 Å². The molecule has 4 aromatic rings. The molecular weight excluding hydrogens is 424 g/mol. The molecule has 0 amide bonds. The predicted molar refractivity (Wildman–Crippen MR) is 120 cm³/mol. The normalized spacial score (nSPS) is 11.9. The van der Waals surface area contributed by atoms with Crippen LogP contribution in [0.25, 0.3) is 10.9 Å². The lowest BCUT2D eigenvalue weighted by molar-refractivity contribution is 0.308.